The minimum absolute atomic E-state index is 0.405. The van der Waals surface area contributed by atoms with Crippen LogP contribution in [0.5, 0.6) is 0 Å². The summed E-state index contributed by atoms with van der Waals surface area (Å²) >= 11 is 0. The van der Waals surface area contributed by atoms with Gasteiger partial charge in [-0.15, -0.1) is 0 Å². The van der Waals surface area contributed by atoms with E-state index in [9.17, 15) is 9.36 Å². The molecule has 112 valence electrons. The second kappa shape index (κ2) is 6.13. The van der Waals surface area contributed by atoms with Crippen LogP contribution in [0.15, 0.2) is 35.7 Å². The third-order valence-electron chi connectivity index (χ3n) is 3.73. The average molecular weight is 304 g/mol. The van der Waals surface area contributed by atoms with Crippen LogP contribution in [0.1, 0.15) is 39.9 Å². The van der Waals surface area contributed by atoms with Crippen LogP contribution in [0.2, 0.25) is 0 Å². The molecule has 1 unspecified atom stereocenters. The van der Waals surface area contributed by atoms with Crippen LogP contribution in [-0.2, 0) is 9.09 Å². The van der Waals surface area contributed by atoms with Crippen molar-refractivity contribution in [2.75, 3.05) is 7.11 Å². The standard InChI is InChI=1S/C17H21O3P/c1-12-10-13(2)16(14(3)11-12)17(18)21(19,20-4)15-8-6-5-7-9-15/h6,8-11H,5,7H2,1-4H3. The average Bonchev–Trinajstić information content (AvgIpc) is 2.46. The molecule has 2 rings (SSSR count). The maximum atomic E-state index is 13.1. The van der Waals surface area contributed by atoms with Crippen LogP contribution in [0.3, 0.4) is 0 Å². The number of carbonyl (C=O) groups excluding carboxylic acids is 1. The Labute approximate surface area is 126 Å². The Bertz CT molecular complexity index is 660. The van der Waals surface area contributed by atoms with Gasteiger partial charge in [0.2, 0.25) is 0 Å². The van der Waals surface area contributed by atoms with Crippen molar-refractivity contribution in [2.24, 2.45) is 0 Å². The number of aryl methyl sites for hydroxylation is 3. The molecular formula is C17H21O3P. The van der Waals surface area contributed by atoms with E-state index in [1.807, 2.05) is 45.1 Å². The summed E-state index contributed by atoms with van der Waals surface area (Å²) in [7, 11) is -2.17. The molecule has 0 N–H and O–H groups in total. The van der Waals surface area contributed by atoms with Gasteiger partial charge < -0.3 is 4.52 Å². The topological polar surface area (TPSA) is 43.4 Å². The summed E-state index contributed by atoms with van der Waals surface area (Å²) in [5.41, 5.74) is 2.89. The highest BCUT2D eigenvalue weighted by Gasteiger charge is 2.37. The SMILES string of the molecule is COP(=O)(C(=O)c1c(C)cc(C)cc1C)C1=CCCC=C1. The molecule has 0 aromatic heterocycles. The predicted octanol–water partition coefficient (Wildman–Crippen LogP) is 4.91. The number of benzene rings is 1. The largest absolute Gasteiger partial charge is 0.323 e. The number of carbonyl (C=O) groups is 1. The van der Waals surface area contributed by atoms with Crippen LogP contribution < -0.4 is 0 Å². The second-order valence-electron chi connectivity index (χ2n) is 5.42. The van der Waals surface area contributed by atoms with Crippen molar-refractivity contribution in [3.05, 3.63) is 57.9 Å². The van der Waals surface area contributed by atoms with Gasteiger partial charge in [-0.2, -0.15) is 0 Å². The zero-order chi connectivity index (χ0) is 15.6. The molecule has 3 nitrogen and oxygen atoms in total. The zero-order valence-electron chi connectivity index (χ0n) is 13.0. The van der Waals surface area contributed by atoms with Crippen LogP contribution in [0.4, 0.5) is 0 Å². The van der Waals surface area contributed by atoms with E-state index in [0.29, 0.717) is 10.9 Å². The first-order valence-electron chi connectivity index (χ1n) is 7.06. The molecule has 1 aliphatic rings. The van der Waals surface area contributed by atoms with E-state index in [1.54, 1.807) is 6.08 Å². The molecule has 4 heteroatoms. The van der Waals surface area contributed by atoms with E-state index in [-0.39, 0.29) is 0 Å². The number of rotatable bonds is 4. The minimum Gasteiger partial charge on any atom is -0.323 e. The molecule has 0 radical (unpaired) electrons. The van der Waals surface area contributed by atoms with Gasteiger partial charge in [-0.3, -0.25) is 9.36 Å². The monoisotopic (exact) mass is 304 g/mol. The Balaban J connectivity index is 2.54. The highest BCUT2D eigenvalue weighted by atomic mass is 31.2. The lowest BCUT2D eigenvalue weighted by molar-refractivity contribution is 0.105. The quantitative estimate of drug-likeness (QED) is 0.742. The zero-order valence-corrected chi connectivity index (χ0v) is 13.9. The third kappa shape index (κ3) is 2.95. The second-order valence-corrected chi connectivity index (χ2v) is 7.81. The molecule has 0 amide bonds. The maximum absolute atomic E-state index is 13.1. The summed E-state index contributed by atoms with van der Waals surface area (Å²) in [6, 6.07) is 3.87. The molecule has 0 fully saturated rings. The molecule has 1 atom stereocenters. The minimum atomic E-state index is -3.52. The third-order valence-corrected chi connectivity index (χ3v) is 6.01. The highest BCUT2D eigenvalue weighted by molar-refractivity contribution is 7.80. The Morgan fingerprint density at radius 3 is 2.24 bits per heavy atom. The van der Waals surface area contributed by atoms with Gasteiger partial charge in [-0.1, -0.05) is 35.9 Å². The highest BCUT2D eigenvalue weighted by Crippen LogP contribution is 2.58. The summed E-state index contributed by atoms with van der Waals surface area (Å²) in [6.45, 7) is 5.73. The fourth-order valence-electron chi connectivity index (χ4n) is 2.79. The molecular weight excluding hydrogens is 283 g/mol. The fourth-order valence-corrected chi connectivity index (χ4v) is 4.72. The summed E-state index contributed by atoms with van der Waals surface area (Å²) in [6.07, 6.45) is 7.23. The Hall–Kier alpha value is -1.44. The van der Waals surface area contributed by atoms with Crippen molar-refractivity contribution in [1.82, 2.24) is 0 Å². The van der Waals surface area contributed by atoms with Gasteiger partial charge in [0, 0.05) is 18.0 Å². The van der Waals surface area contributed by atoms with Crippen LogP contribution in [0, 0.1) is 20.8 Å². The van der Waals surface area contributed by atoms with Gasteiger partial charge in [-0.05, 0) is 44.7 Å². The molecule has 0 spiro atoms. The van der Waals surface area contributed by atoms with Gasteiger partial charge >= 0.3 is 0 Å². The Kier molecular flexibility index (Phi) is 4.65. The first-order chi connectivity index (χ1) is 9.90. The van der Waals surface area contributed by atoms with Crippen molar-refractivity contribution in [2.45, 2.75) is 33.6 Å². The van der Waals surface area contributed by atoms with Gasteiger partial charge in [0.1, 0.15) is 0 Å². The van der Waals surface area contributed by atoms with Gasteiger partial charge in [0.25, 0.3) is 12.9 Å². The fraction of sp³-hybridized carbons (Fsp3) is 0.353. The number of allylic oxidation sites excluding steroid dienone is 4. The lowest BCUT2D eigenvalue weighted by atomic mass is 10.0. The predicted molar refractivity (Wildman–Crippen MR) is 86.1 cm³/mol. The number of hydrogen-bond donors (Lipinski definition) is 0. The molecule has 0 bridgehead atoms. The van der Waals surface area contributed by atoms with E-state index >= 15 is 0 Å². The molecule has 1 aliphatic carbocycles. The molecule has 1 aromatic carbocycles. The van der Waals surface area contributed by atoms with Crippen LogP contribution in [-0.4, -0.2) is 12.6 Å². The van der Waals surface area contributed by atoms with E-state index in [1.165, 1.54) is 7.11 Å². The summed E-state index contributed by atoms with van der Waals surface area (Å²) in [4.78, 5) is 12.9. The molecule has 0 aliphatic heterocycles. The van der Waals surface area contributed by atoms with Crippen molar-refractivity contribution in [1.29, 1.82) is 0 Å². The molecule has 0 saturated heterocycles. The Morgan fingerprint density at radius 2 is 1.76 bits per heavy atom. The first-order valence-corrected chi connectivity index (χ1v) is 8.68. The lowest BCUT2D eigenvalue weighted by Crippen LogP contribution is -2.09. The van der Waals surface area contributed by atoms with E-state index in [2.05, 4.69) is 0 Å². The van der Waals surface area contributed by atoms with Gasteiger partial charge in [0.15, 0.2) is 0 Å². The molecule has 0 saturated carbocycles. The Morgan fingerprint density at radius 1 is 1.14 bits per heavy atom. The smallest absolute Gasteiger partial charge is 0.300 e. The first kappa shape index (κ1) is 15.9. The van der Waals surface area contributed by atoms with E-state index < -0.39 is 12.9 Å². The van der Waals surface area contributed by atoms with Crippen LogP contribution >= 0.6 is 7.37 Å². The maximum Gasteiger partial charge on any atom is 0.300 e. The van der Waals surface area contributed by atoms with Crippen molar-refractivity contribution in [3.8, 4) is 0 Å². The summed E-state index contributed by atoms with van der Waals surface area (Å²) in [5, 5.41) is 0.514. The molecule has 0 heterocycles. The van der Waals surface area contributed by atoms with Gasteiger partial charge in [-0.25, -0.2) is 0 Å². The summed E-state index contributed by atoms with van der Waals surface area (Å²) in [5.74, 6) is 0. The van der Waals surface area contributed by atoms with Crippen molar-refractivity contribution < 1.29 is 13.9 Å². The van der Waals surface area contributed by atoms with E-state index in [4.69, 9.17) is 4.52 Å². The molecule has 1 aromatic rings. The van der Waals surface area contributed by atoms with Crippen LogP contribution in [0.25, 0.3) is 0 Å². The normalized spacial score (nSPS) is 17.2. The lowest BCUT2D eigenvalue weighted by Gasteiger charge is -2.20. The van der Waals surface area contributed by atoms with Crippen molar-refractivity contribution in [3.63, 3.8) is 0 Å². The van der Waals surface area contributed by atoms with Crippen molar-refractivity contribution >= 4 is 12.9 Å². The molecule has 21 heavy (non-hydrogen) atoms. The van der Waals surface area contributed by atoms with Gasteiger partial charge in [0.05, 0.1) is 0 Å². The van der Waals surface area contributed by atoms with E-state index in [0.717, 1.165) is 29.5 Å². The number of hydrogen-bond acceptors (Lipinski definition) is 3. The summed E-state index contributed by atoms with van der Waals surface area (Å²) < 4.78 is 18.4.